The van der Waals surface area contributed by atoms with Crippen LogP contribution in [0, 0.1) is 23.1 Å². The zero-order valence-electron chi connectivity index (χ0n) is 11.7. The average Bonchev–Trinajstić information content (AvgIpc) is 2.44. The van der Waals surface area contributed by atoms with Crippen molar-refractivity contribution in [3.05, 3.63) is 35.4 Å². The van der Waals surface area contributed by atoms with Crippen molar-refractivity contribution < 1.29 is 41.9 Å². The van der Waals surface area contributed by atoms with Crippen molar-refractivity contribution in [3.63, 3.8) is 0 Å². The standard InChI is InChI=1S/C14H15F2O3.Li/c1-2-6-13-7-17-14(18-8-13,19-9-13)10-4-3-5-11(15)12(10)16;/h3-4H,2,6-9H2,1H3;/q-1;+1. The number of rotatable bonds is 3. The van der Waals surface area contributed by atoms with Crippen molar-refractivity contribution in [1.29, 1.82) is 0 Å². The molecule has 3 nitrogen and oxygen atoms in total. The van der Waals surface area contributed by atoms with Gasteiger partial charge in [-0.25, -0.2) is 4.39 Å². The second-order valence-corrected chi connectivity index (χ2v) is 5.19. The van der Waals surface area contributed by atoms with Crippen molar-refractivity contribution >= 4 is 0 Å². The molecule has 3 aliphatic rings. The molecule has 0 unspecified atom stereocenters. The predicted molar refractivity (Wildman–Crippen MR) is 62.1 cm³/mol. The maximum absolute atomic E-state index is 13.8. The Kier molecular flexibility index (Phi) is 4.58. The molecule has 3 fully saturated rings. The van der Waals surface area contributed by atoms with E-state index in [4.69, 9.17) is 14.2 Å². The Hall–Kier alpha value is -0.443. The van der Waals surface area contributed by atoms with Crippen LogP contribution in [0.15, 0.2) is 12.1 Å². The Morgan fingerprint density at radius 1 is 1.20 bits per heavy atom. The van der Waals surface area contributed by atoms with Crippen molar-refractivity contribution in [2.24, 2.45) is 5.41 Å². The van der Waals surface area contributed by atoms with E-state index in [0.717, 1.165) is 12.8 Å². The fourth-order valence-electron chi connectivity index (χ4n) is 2.66. The molecule has 4 rings (SSSR count). The molecule has 0 amide bonds. The Morgan fingerprint density at radius 2 is 1.80 bits per heavy atom. The van der Waals surface area contributed by atoms with Crippen LogP contribution in [0.3, 0.4) is 0 Å². The summed E-state index contributed by atoms with van der Waals surface area (Å²) in [6, 6.07) is 4.82. The molecule has 3 heterocycles. The molecule has 3 saturated heterocycles. The molecule has 2 bridgehead atoms. The van der Waals surface area contributed by atoms with Crippen LogP contribution in [-0.4, -0.2) is 19.8 Å². The van der Waals surface area contributed by atoms with Gasteiger partial charge in [0, 0.05) is 11.2 Å². The zero-order chi connectivity index (χ0) is 13.5. The molecule has 6 heteroatoms. The molecule has 0 aliphatic carbocycles. The Morgan fingerprint density at radius 3 is 2.35 bits per heavy atom. The van der Waals surface area contributed by atoms with E-state index in [-0.39, 0.29) is 29.8 Å². The summed E-state index contributed by atoms with van der Waals surface area (Å²) in [7, 11) is 0. The maximum Gasteiger partial charge on any atom is 1.00 e. The van der Waals surface area contributed by atoms with Crippen molar-refractivity contribution in [2.75, 3.05) is 19.8 Å². The topological polar surface area (TPSA) is 27.7 Å². The minimum absolute atomic E-state index is 0. The molecule has 0 saturated carbocycles. The Labute approximate surface area is 128 Å². The number of ether oxygens (including phenoxy) is 3. The van der Waals surface area contributed by atoms with Gasteiger partial charge in [-0.3, -0.25) is 4.39 Å². The summed E-state index contributed by atoms with van der Waals surface area (Å²) >= 11 is 0. The number of hydrogen-bond acceptors (Lipinski definition) is 3. The van der Waals surface area contributed by atoms with Gasteiger partial charge in [-0.05, 0) is 12.0 Å². The summed E-state index contributed by atoms with van der Waals surface area (Å²) in [4.78, 5) is 0. The van der Waals surface area contributed by atoms with Gasteiger partial charge in [-0.15, -0.1) is 6.07 Å². The third-order valence-electron chi connectivity index (χ3n) is 3.70. The van der Waals surface area contributed by atoms with Gasteiger partial charge in [0.2, 0.25) is 0 Å². The summed E-state index contributed by atoms with van der Waals surface area (Å²) in [5.41, 5.74) is -0.222. The Balaban J connectivity index is 0.00000147. The van der Waals surface area contributed by atoms with Crippen LogP contribution in [0.5, 0.6) is 0 Å². The fraction of sp³-hybridized carbons (Fsp3) is 0.571. The zero-order valence-corrected chi connectivity index (χ0v) is 11.7. The SMILES string of the molecule is CCCC12COC(c3cc[c-]c(F)c3F)(OC1)OC2.[Li+]. The summed E-state index contributed by atoms with van der Waals surface area (Å²) in [5, 5.41) is 0. The number of halogens is 2. The van der Waals surface area contributed by atoms with Crippen LogP contribution in [0.1, 0.15) is 25.3 Å². The molecule has 0 N–H and O–H groups in total. The first kappa shape index (κ1) is 15.9. The molecule has 20 heavy (non-hydrogen) atoms. The molecule has 0 radical (unpaired) electrons. The molecule has 1 aromatic rings. The first-order chi connectivity index (χ1) is 9.11. The van der Waals surface area contributed by atoms with E-state index >= 15 is 0 Å². The smallest absolute Gasteiger partial charge is 0.324 e. The van der Waals surface area contributed by atoms with Gasteiger partial charge in [0.05, 0.1) is 25.6 Å². The van der Waals surface area contributed by atoms with Gasteiger partial charge < -0.3 is 14.2 Å². The predicted octanol–water partition coefficient (Wildman–Crippen LogP) is -0.257. The van der Waals surface area contributed by atoms with Crippen LogP contribution >= 0.6 is 0 Å². The van der Waals surface area contributed by atoms with Gasteiger partial charge in [0.1, 0.15) is 0 Å². The summed E-state index contributed by atoms with van der Waals surface area (Å²) in [6.45, 7) is 3.37. The molecule has 0 atom stereocenters. The van der Waals surface area contributed by atoms with Crippen molar-refractivity contribution in [2.45, 2.75) is 25.7 Å². The maximum atomic E-state index is 13.8. The summed E-state index contributed by atoms with van der Waals surface area (Å²) in [5.74, 6) is -3.69. The van der Waals surface area contributed by atoms with Gasteiger partial charge in [0.25, 0.3) is 5.97 Å². The largest absolute Gasteiger partial charge is 1.00 e. The van der Waals surface area contributed by atoms with Crippen molar-refractivity contribution in [3.8, 4) is 0 Å². The molecule has 104 valence electrons. The second-order valence-electron chi connectivity index (χ2n) is 5.19. The van der Waals surface area contributed by atoms with Gasteiger partial charge >= 0.3 is 18.9 Å². The average molecular weight is 276 g/mol. The molecule has 3 aliphatic heterocycles. The second kappa shape index (κ2) is 5.74. The van der Waals surface area contributed by atoms with E-state index in [1.54, 1.807) is 0 Å². The van der Waals surface area contributed by atoms with Gasteiger partial charge in [-0.2, -0.15) is 12.1 Å². The first-order valence-electron chi connectivity index (χ1n) is 6.39. The normalized spacial score (nSPS) is 31.9. The minimum Gasteiger partial charge on any atom is -0.324 e. The number of hydrogen-bond donors (Lipinski definition) is 0. The van der Waals surface area contributed by atoms with E-state index < -0.39 is 17.6 Å². The monoisotopic (exact) mass is 276 g/mol. The van der Waals surface area contributed by atoms with Crippen LogP contribution in [0.25, 0.3) is 0 Å². The third kappa shape index (κ3) is 2.42. The third-order valence-corrected chi connectivity index (χ3v) is 3.70. The van der Waals surface area contributed by atoms with Crippen LogP contribution in [0.2, 0.25) is 0 Å². The van der Waals surface area contributed by atoms with Crippen LogP contribution < -0.4 is 18.9 Å². The molecule has 0 spiro atoms. The molecule has 0 aromatic heterocycles. The quantitative estimate of drug-likeness (QED) is 0.562. The van der Waals surface area contributed by atoms with E-state index in [1.807, 2.05) is 0 Å². The number of fused-ring (bicyclic) bond motifs is 3. The van der Waals surface area contributed by atoms with E-state index in [1.165, 1.54) is 12.1 Å². The van der Waals surface area contributed by atoms with E-state index in [2.05, 4.69) is 13.0 Å². The van der Waals surface area contributed by atoms with Crippen LogP contribution in [-0.2, 0) is 20.2 Å². The minimum atomic E-state index is -1.60. The van der Waals surface area contributed by atoms with Gasteiger partial charge in [0.15, 0.2) is 0 Å². The molecule has 1 aromatic carbocycles. The van der Waals surface area contributed by atoms with E-state index in [9.17, 15) is 8.78 Å². The van der Waals surface area contributed by atoms with E-state index in [0.29, 0.717) is 19.8 Å². The molecular formula is C14H15F2LiO3. The first-order valence-corrected chi connectivity index (χ1v) is 6.39. The fourth-order valence-corrected chi connectivity index (χ4v) is 2.66. The number of benzene rings is 1. The van der Waals surface area contributed by atoms with Crippen molar-refractivity contribution in [1.82, 2.24) is 0 Å². The van der Waals surface area contributed by atoms with Gasteiger partial charge in [-0.1, -0.05) is 13.3 Å². The Bertz CT molecular complexity index is 471. The summed E-state index contributed by atoms with van der Waals surface area (Å²) in [6.07, 6.45) is 1.91. The van der Waals surface area contributed by atoms with Crippen LogP contribution in [0.4, 0.5) is 8.78 Å². The summed E-state index contributed by atoms with van der Waals surface area (Å²) < 4.78 is 43.8. The molecular weight excluding hydrogens is 261 g/mol.